The number of aliphatic carboxylic acids is 1. The highest BCUT2D eigenvalue weighted by Gasteiger charge is 2.30. The van der Waals surface area contributed by atoms with Gasteiger partial charge in [0.05, 0.1) is 13.2 Å². The number of carboxylic acid groups (broad SMARTS) is 1. The van der Waals surface area contributed by atoms with Gasteiger partial charge in [-0.1, -0.05) is 0 Å². The van der Waals surface area contributed by atoms with E-state index in [1.54, 1.807) is 7.11 Å². The van der Waals surface area contributed by atoms with E-state index in [4.69, 9.17) is 14.6 Å². The van der Waals surface area contributed by atoms with E-state index in [1.165, 1.54) is 0 Å². The lowest BCUT2D eigenvalue weighted by Crippen LogP contribution is -2.24. The topological polar surface area (TPSA) is 67.8 Å². The molecule has 2 unspecified atom stereocenters. The summed E-state index contributed by atoms with van der Waals surface area (Å²) in [6.07, 6.45) is 0.676. The van der Waals surface area contributed by atoms with Gasteiger partial charge in [0, 0.05) is 12.2 Å². The Hall–Kier alpha value is -1.75. The third-order valence-corrected chi connectivity index (χ3v) is 3.31. The van der Waals surface area contributed by atoms with Gasteiger partial charge in [0.15, 0.2) is 6.10 Å². The second-order valence-corrected chi connectivity index (χ2v) is 4.73. The Morgan fingerprint density at radius 1 is 1.53 bits per heavy atom. The molecule has 5 nitrogen and oxygen atoms in total. The molecule has 0 amide bonds. The molecule has 1 aliphatic rings. The van der Waals surface area contributed by atoms with Gasteiger partial charge in [-0.25, -0.2) is 4.79 Å². The summed E-state index contributed by atoms with van der Waals surface area (Å²) in [6, 6.07) is 5.85. The molecule has 1 aromatic carbocycles. The zero-order valence-electron chi connectivity index (χ0n) is 11.2. The number of anilines is 1. The predicted molar refractivity (Wildman–Crippen MR) is 71.8 cm³/mol. The first kappa shape index (κ1) is 13.7. The summed E-state index contributed by atoms with van der Waals surface area (Å²) in [5.74, 6) is -0.0172. The molecule has 0 bridgehead atoms. The predicted octanol–water partition coefficient (Wildman–Crippen LogP) is 2.05. The third-order valence-electron chi connectivity index (χ3n) is 3.31. The number of methoxy groups -OCH3 is 1. The van der Waals surface area contributed by atoms with Crippen LogP contribution in [0, 0.1) is 6.92 Å². The molecule has 0 aliphatic carbocycles. The van der Waals surface area contributed by atoms with Crippen molar-refractivity contribution in [2.45, 2.75) is 32.0 Å². The minimum Gasteiger partial charge on any atom is -0.496 e. The summed E-state index contributed by atoms with van der Waals surface area (Å²) in [5, 5.41) is 12.1. The van der Waals surface area contributed by atoms with Crippen molar-refractivity contribution in [1.82, 2.24) is 0 Å². The Morgan fingerprint density at radius 3 is 2.89 bits per heavy atom. The molecule has 0 radical (unpaired) electrons. The van der Waals surface area contributed by atoms with Crippen LogP contribution in [0.1, 0.15) is 18.4 Å². The molecule has 0 aromatic heterocycles. The van der Waals surface area contributed by atoms with Crippen LogP contribution in [0.3, 0.4) is 0 Å². The Balaban J connectivity index is 1.86. The smallest absolute Gasteiger partial charge is 0.332 e. The molecule has 2 rings (SSSR count). The number of carboxylic acids is 1. The molecule has 0 saturated carbocycles. The van der Waals surface area contributed by atoms with Crippen molar-refractivity contribution in [1.29, 1.82) is 0 Å². The molecular weight excluding hydrogens is 246 g/mol. The van der Waals surface area contributed by atoms with Gasteiger partial charge in [0.2, 0.25) is 0 Å². The van der Waals surface area contributed by atoms with Gasteiger partial charge in [0.1, 0.15) is 5.75 Å². The number of rotatable bonds is 5. The van der Waals surface area contributed by atoms with Crippen LogP contribution < -0.4 is 10.1 Å². The highest BCUT2D eigenvalue weighted by molar-refractivity contribution is 5.72. The Kier molecular flexibility index (Phi) is 4.27. The summed E-state index contributed by atoms with van der Waals surface area (Å²) in [5.41, 5.74) is 2.05. The summed E-state index contributed by atoms with van der Waals surface area (Å²) >= 11 is 0. The molecule has 19 heavy (non-hydrogen) atoms. The zero-order chi connectivity index (χ0) is 13.8. The lowest BCUT2D eigenvalue weighted by Gasteiger charge is -2.14. The Labute approximate surface area is 112 Å². The van der Waals surface area contributed by atoms with Gasteiger partial charge in [-0.3, -0.25) is 0 Å². The maximum absolute atomic E-state index is 10.8. The van der Waals surface area contributed by atoms with Gasteiger partial charge in [-0.2, -0.15) is 0 Å². The molecule has 1 heterocycles. The average Bonchev–Trinajstić information content (AvgIpc) is 2.85. The highest BCUT2D eigenvalue weighted by atomic mass is 16.5. The quantitative estimate of drug-likeness (QED) is 0.852. The second-order valence-electron chi connectivity index (χ2n) is 4.73. The summed E-state index contributed by atoms with van der Waals surface area (Å²) in [6.45, 7) is 2.60. The van der Waals surface area contributed by atoms with Crippen molar-refractivity contribution in [3.05, 3.63) is 23.8 Å². The van der Waals surface area contributed by atoms with E-state index in [9.17, 15) is 4.79 Å². The minimum absolute atomic E-state index is 0.0384. The van der Waals surface area contributed by atoms with E-state index >= 15 is 0 Å². The van der Waals surface area contributed by atoms with E-state index in [1.807, 2.05) is 25.1 Å². The van der Waals surface area contributed by atoms with Crippen LogP contribution in [0.5, 0.6) is 5.75 Å². The number of nitrogens with one attached hydrogen (secondary N) is 1. The normalized spacial score (nSPS) is 22.2. The van der Waals surface area contributed by atoms with Crippen LogP contribution in [0.25, 0.3) is 0 Å². The Bertz CT molecular complexity index is 461. The molecule has 2 atom stereocenters. The lowest BCUT2D eigenvalue weighted by atomic mass is 10.1. The first-order chi connectivity index (χ1) is 9.10. The van der Waals surface area contributed by atoms with Crippen LogP contribution in [-0.4, -0.2) is 36.9 Å². The van der Waals surface area contributed by atoms with Crippen molar-refractivity contribution in [2.75, 3.05) is 19.0 Å². The van der Waals surface area contributed by atoms with E-state index in [2.05, 4.69) is 5.32 Å². The van der Waals surface area contributed by atoms with E-state index < -0.39 is 12.1 Å². The first-order valence-corrected chi connectivity index (χ1v) is 6.37. The fourth-order valence-corrected chi connectivity index (χ4v) is 2.26. The molecular formula is C14H19NO4. The summed E-state index contributed by atoms with van der Waals surface area (Å²) in [7, 11) is 1.65. The van der Waals surface area contributed by atoms with Crippen LogP contribution in [0.15, 0.2) is 18.2 Å². The van der Waals surface area contributed by atoms with Crippen molar-refractivity contribution in [3.63, 3.8) is 0 Å². The van der Waals surface area contributed by atoms with Gasteiger partial charge < -0.3 is 19.9 Å². The van der Waals surface area contributed by atoms with Gasteiger partial charge in [-0.05, 0) is 43.5 Å². The number of benzene rings is 1. The van der Waals surface area contributed by atoms with Gasteiger partial charge >= 0.3 is 5.97 Å². The molecule has 5 heteroatoms. The molecule has 0 spiro atoms. The van der Waals surface area contributed by atoms with Crippen LogP contribution >= 0.6 is 0 Å². The Morgan fingerprint density at radius 2 is 2.32 bits per heavy atom. The van der Waals surface area contributed by atoms with Crippen LogP contribution in [-0.2, 0) is 9.53 Å². The molecule has 1 aromatic rings. The van der Waals surface area contributed by atoms with E-state index in [0.29, 0.717) is 13.0 Å². The van der Waals surface area contributed by atoms with Crippen molar-refractivity contribution in [2.24, 2.45) is 0 Å². The molecule has 1 saturated heterocycles. The number of hydrogen-bond acceptors (Lipinski definition) is 4. The van der Waals surface area contributed by atoms with Crippen molar-refractivity contribution < 1.29 is 19.4 Å². The summed E-state index contributed by atoms with van der Waals surface area (Å²) in [4.78, 5) is 10.8. The standard InChI is InChI=1S/C14H19NO4/c1-9-7-10(3-5-12(9)18-2)15-8-11-4-6-13(19-11)14(16)17/h3,5,7,11,13,15H,4,6,8H2,1-2H3,(H,16,17). The van der Waals surface area contributed by atoms with Crippen LogP contribution in [0.4, 0.5) is 5.69 Å². The van der Waals surface area contributed by atoms with E-state index in [-0.39, 0.29) is 6.10 Å². The van der Waals surface area contributed by atoms with Crippen molar-refractivity contribution in [3.8, 4) is 5.75 Å². The van der Waals surface area contributed by atoms with Crippen LogP contribution in [0.2, 0.25) is 0 Å². The molecule has 2 N–H and O–H groups in total. The lowest BCUT2D eigenvalue weighted by molar-refractivity contribution is -0.149. The number of carbonyl (C=O) groups is 1. The second kappa shape index (κ2) is 5.93. The molecule has 1 aliphatic heterocycles. The van der Waals surface area contributed by atoms with Crippen molar-refractivity contribution >= 4 is 11.7 Å². The first-order valence-electron chi connectivity index (χ1n) is 6.37. The van der Waals surface area contributed by atoms with Gasteiger partial charge in [-0.15, -0.1) is 0 Å². The fraction of sp³-hybridized carbons (Fsp3) is 0.500. The number of hydrogen-bond donors (Lipinski definition) is 2. The fourth-order valence-electron chi connectivity index (χ4n) is 2.26. The zero-order valence-corrected chi connectivity index (χ0v) is 11.2. The molecule has 104 valence electrons. The average molecular weight is 265 g/mol. The monoisotopic (exact) mass is 265 g/mol. The summed E-state index contributed by atoms with van der Waals surface area (Å²) < 4.78 is 10.6. The number of ether oxygens (including phenoxy) is 2. The molecule has 1 fully saturated rings. The maximum Gasteiger partial charge on any atom is 0.332 e. The maximum atomic E-state index is 10.8. The third kappa shape index (κ3) is 3.38. The van der Waals surface area contributed by atoms with Gasteiger partial charge in [0.25, 0.3) is 0 Å². The highest BCUT2D eigenvalue weighted by Crippen LogP contribution is 2.23. The van der Waals surface area contributed by atoms with E-state index in [0.717, 1.165) is 23.4 Å². The minimum atomic E-state index is -0.872. The largest absolute Gasteiger partial charge is 0.496 e. The number of aryl methyl sites for hydroxylation is 1. The SMILES string of the molecule is COc1ccc(NCC2CCC(C(=O)O)O2)cc1C.